The molecular formula is C10H21O9P3. The first-order valence-corrected chi connectivity index (χ1v) is 11.5. The van der Waals surface area contributed by atoms with E-state index in [1.807, 2.05) is 13.8 Å². The molecule has 12 heteroatoms. The van der Waals surface area contributed by atoms with Gasteiger partial charge in [0.15, 0.2) is 0 Å². The number of ether oxygens (including phenoxy) is 1. The molecule has 2 saturated heterocycles. The Kier molecular flexibility index (Phi) is 5.48. The number of rotatable bonds is 4. The highest BCUT2D eigenvalue weighted by Gasteiger charge is 2.50. The summed E-state index contributed by atoms with van der Waals surface area (Å²) in [6, 6.07) is 0. The van der Waals surface area contributed by atoms with Crippen LogP contribution in [-0.4, -0.2) is 34.9 Å². The van der Waals surface area contributed by atoms with Gasteiger partial charge in [0.25, 0.3) is 7.57 Å². The highest BCUT2D eigenvalue weighted by atomic mass is 31.3. The molecule has 2 N–H and O–H groups in total. The maximum absolute atomic E-state index is 11.5. The Morgan fingerprint density at radius 2 is 1.68 bits per heavy atom. The molecule has 22 heavy (non-hydrogen) atoms. The molecular weight excluding hydrogens is 357 g/mol. The first kappa shape index (κ1) is 18.8. The van der Waals surface area contributed by atoms with E-state index >= 15 is 0 Å². The number of hydrogen-bond donors (Lipinski definition) is 2. The fourth-order valence-electron chi connectivity index (χ4n) is 2.71. The van der Waals surface area contributed by atoms with Gasteiger partial charge in [-0.3, -0.25) is 0 Å². The van der Waals surface area contributed by atoms with Gasteiger partial charge in [-0.1, -0.05) is 20.3 Å². The smallest absolute Gasteiger partial charge is 0.372 e. The van der Waals surface area contributed by atoms with Crippen LogP contribution in [0.4, 0.5) is 0 Å². The lowest BCUT2D eigenvalue weighted by Crippen LogP contribution is -2.24. The highest BCUT2D eigenvalue weighted by molar-refractivity contribution is 7.78. The molecule has 2 fully saturated rings. The van der Waals surface area contributed by atoms with E-state index in [9.17, 15) is 18.9 Å². The number of phosphoric acid groups is 2. The van der Waals surface area contributed by atoms with E-state index in [2.05, 4.69) is 26.2 Å². The van der Waals surface area contributed by atoms with Crippen LogP contribution in [0.1, 0.15) is 27.2 Å². The molecule has 0 spiro atoms. The Morgan fingerprint density at radius 3 is 2.18 bits per heavy atom. The number of hydrogen-bond acceptors (Lipinski definition) is 7. The van der Waals surface area contributed by atoms with Crippen LogP contribution in [0.3, 0.4) is 0 Å². The van der Waals surface area contributed by atoms with Crippen molar-refractivity contribution in [3.05, 3.63) is 0 Å². The predicted octanol–water partition coefficient (Wildman–Crippen LogP) is 2.91. The first-order chi connectivity index (χ1) is 9.97. The molecule has 6 atom stereocenters. The van der Waals surface area contributed by atoms with E-state index in [4.69, 9.17) is 9.26 Å². The van der Waals surface area contributed by atoms with E-state index in [-0.39, 0.29) is 24.7 Å². The van der Waals surface area contributed by atoms with Gasteiger partial charge in [0, 0.05) is 0 Å². The summed E-state index contributed by atoms with van der Waals surface area (Å²) < 4.78 is 47.3. The lowest BCUT2D eigenvalue weighted by atomic mass is 9.87. The molecule has 0 aliphatic carbocycles. The summed E-state index contributed by atoms with van der Waals surface area (Å²) in [5.74, 6) is 0.548. The molecule has 2 rings (SSSR count). The van der Waals surface area contributed by atoms with Gasteiger partial charge in [0.05, 0.1) is 18.8 Å². The highest BCUT2D eigenvalue weighted by Crippen LogP contribution is 2.79. The molecule has 0 saturated carbocycles. The fraction of sp³-hybridized carbons (Fsp3) is 0.900. The Bertz CT molecular complexity index is 536. The largest absolute Gasteiger partial charge is 0.487 e. The zero-order valence-corrected chi connectivity index (χ0v) is 15.2. The van der Waals surface area contributed by atoms with Crippen LogP contribution in [0.5, 0.6) is 0 Å². The molecule has 0 aromatic rings. The van der Waals surface area contributed by atoms with Crippen LogP contribution in [0.25, 0.3) is 0 Å². The van der Waals surface area contributed by atoms with Crippen LogP contribution in [-0.2, 0) is 31.3 Å². The summed E-state index contributed by atoms with van der Waals surface area (Å²) in [5.41, 5.74) is 0. The van der Waals surface area contributed by atoms with Crippen molar-refractivity contribution in [1.29, 1.82) is 0 Å². The van der Waals surface area contributed by atoms with Crippen LogP contribution in [0.2, 0.25) is 0 Å². The van der Waals surface area contributed by atoms with E-state index < -0.39 is 23.2 Å². The standard InChI is InChI=1S/C10H21O9P3/c1-5-9-7(2)8(3)16-10(9)6-15-20(4)17-21(11,12)19-22(13,14)18-20/h7-10H,4-6H2,1-3H3,(H,11,12)(H,13,14). The molecule has 2 aliphatic rings. The fourth-order valence-corrected chi connectivity index (χ4v) is 8.18. The summed E-state index contributed by atoms with van der Waals surface area (Å²) >= 11 is 0. The van der Waals surface area contributed by atoms with Gasteiger partial charge in [-0.05, 0) is 25.1 Å². The van der Waals surface area contributed by atoms with Gasteiger partial charge in [0.1, 0.15) is 0 Å². The monoisotopic (exact) mass is 378 g/mol. The van der Waals surface area contributed by atoms with E-state index in [0.717, 1.165) is 6.42 Å². The molecule has 6 unspecified atom stereocenters. The summed E-state index contributed by atoms with van der Waals surface area (Å²) in [6.45, 7) is 6.02. The van der Waals surface area contributed by atoms with Crippen molar-refractivity contribution < 1.29 is 41.1 Å². The Balaban J connectivity index is 2.06. The summed E-state index contributed by atoms with van der Waals surface area (Å²) in [7, 11) is -13.2. The van der Waals surface area contributed by atoms with Crippen LogP contribution in [0, 0.1) is 11.8 Å². The molecule has 0 amide bonds. The molecule has 0 radical (unpaired) electrons. The quantitative estimate of drug-likeness (QED) is 0.711. The van der Waals surface area contributed by atoms with Crippen molar-refractivity contribution in [3.63, 3.8) is 0 Å². The van der Waals surface area contributed by atoms with Gasteiger partial charge in [-0.15, -0.1) is 0 Å². The van der Waals surface area contributed by atoms with E-state index in [1.54, 1.807) is 0 Å². The van der Waals surface area contributed by atoms with Gasteiger partial charge in [-0.2, -0.15) is 4.31 Å². The topological polar surface area (TPSA) is 121 Å². The van der Waals surface area contributed by atoms with E-state index in [0.29, 0.717) is 5.92 Å². The van der Waals surface area contributed by atoms with E-state index in [1.165, 1.54) is 0 Å². The molecule has 2 heterocycles. The second-order valence-corrected chi connectivity index (χ2v) is 10.7. The molecule has 0 aromatic heterocycles. The normalized spacial score (nSPS) is 52.8. The van der Waals surface area contributed by atoms with Crippen molar-refractivity contribution in [3.8, 4) is 0 Å². The molecule has 0 bridgehead atoms. The lowest BCUT2D eigenvalue weighted by Gasteiger charge is -2.32. The second-order valence-electron chi connectivity index (χ2n) is 5.40. The Labute approximate surface area is 129 Å². The predicted molar refractivity (Wildman–Crippen MR) is 80.2 cm³/mol. The third kappa shape index (κ3) is 4.31. The van der Waals surface area contributed by atoms with Gasteiger partial charge < -0.3 is 19.0 Å². The maximum Gasteiger partial charge on any atom is 0.487 e. The summed E-state index contributed by atoms with van der Waals surface area (Å²) in [4.78, 5) is 18.6. The van der Waals surface area contributed by atoms with Crippen molar-refractivity contribution in [2.75, 3.05) is 6.61 Å². The van der Waals surface area contributed by atoms with Crippen molar-refractivity contribution in [1.82, 2.24) is 0 Å². The minimum absolute atomic E-state index is 0.0233. The second kappa shape index (κ2) is 6.41. The lowest BCUT2D eigenvalue weighted by molar-refractivity contribution is 0.00673. The minimum Gasteiger partial charge on any atom is -0.372 e. The molecule has 130 valence electrons. The Morgan fingerprint density at radius 1 is 1.14 bits per heavy atom. The third-order valence-corrected chi connectivity index (χ3v) is 9.69. The van der Waals surface area contributed by atoms with Gasteiger partial charge in [-0.25, -0.2) is 17.8 Å². The van der Waals surface area contributed by atoms with Crippen LogP contribution < -0.4 is 0 Å². The third-order valence-electron chi connectivity index (χ3n) is 3.85. The zero-order valence-electron chi connectivity index (χ0n) is 12.5. The minimum atomic E-state index is -4.75. The molecule has 2 aliphatic heterocycles. The average Bonchev–Trinajstić information content (AvgIpc) is 2.58. The molecule has 0 aromatic carbocycles. The van der Waals surface area contributed by atoms with Crippen LogP contribution in [0.15, 0.2) is 0 Å². The van der Waals surface area contributed by atoms with Crippen molar-refractivity contribution >= 4 is 29.5 Å². The average molecular weight is 378 g/mol. The summed E-state index contributed by atoms with van der Waals surface area (Å²) in [6.07, 6.45) is 4.05. The zero-order chi connectivity index (χ0) is 16.8. The van der Waals surface area contributed by atoms with Gasteiger partial charge in [0.2, 0.25) is 0 Å². The van der Waals surface area contributed by atoms with Crippen molar-refractivity contribution in [2.24, 2.45) is 11.8 Å². The van der Waals surface area contributed by atoms with Gasteiger partial charge >= 0.3 is 15.6 Å². The Hall–Kier alpha value is 0.480. The molecule has 9 nitrogen and oxygen atoms in total. The summed E-state index contributed by atoms with van der Waals surface area (Å²) in [5, 5.41) is 0. The SMILES string of the molecule is C=P1(OCC2OC(C)C(C)C2CC)OP(=O)(O)OP(=O)(O)O1. The van der Waals surface area contributed by atoms with Crippen molar-refractivity contribution in [2.45, 2.75) is 39.4 Å². The first-order valence-electron chi connectivity index (χ1n) is 6.80. The maximum atomic E-state index is 11.5. The van der Waals surface area contributed by atoms with Crippen LogP contribution >= 0.6 is 23.2 Å².